The van der Waals surface area contributed by atoms with Crippen molar-refractivity contribution in [2.24, 2.45) is 69.9 Å². The van der Waals surface area contributed by atoms with Crippen molar-refractivity contribution in [1.82, 2.24) is 69.8 Å². The minimum Gasteiger partial charge on any atom is -0.388 e. The quantitative estimate of drug-likeness (QED) is 0.0555. The van der Waals surface area contributed by atoms with Gasteiger partial charge in [0, 0.05) is 142 Å². The predicted octanol–water partition coefficient (Wildman–Crippen LogP) is 13.2. The molecule has 10 aliphatic rings. The molecule has 5 saturated heterocycles. The van der Waals surface area contributed by atoms with Gasteiger partial charge < -0.3 is 58.3 Å². The first kappa shape index (κ1) is 93.0. The zero-order valence-electron chi connectivity index (χ0n) is 75.4. The smallest absolute Gasteiger partial charge is 0.147 e. The number of aryl methyl sites for hydroxylation is 5. The van der Waals surface area contributed by atoms with Gasteiger partial charge in [-0.05, 0) is 171 Å². The molecule has 130 heavy (non-hydrogen) atoms. The molecule has 30 nitrogen and oxygen atoms in total. The zero-order valence-corrected chi connectivity index (χ0v) is 79.2. The summed E-state index contributed by atoms with van der Waals surface area (Å²) in [7, 11) is 0. The van der Waals surface area contributed by atoms with Crippen LogP contribution in [-0.4, -0.2) is 206 Å². The van der Waals surface area contributed by atoms with Gasteiger partial charge in [0.25, 0.3) is 0 Å². The molecule has 0 aliphatic carbocycles. The highest BCUT2D eigenvalue weighted by atomic mass is 35.5. The van der Waals surface area contributed by atoms with Gasteiger partial charge >= 0.3 is 0 Å². The Balaban J connectivity index is 0.000000119. The molecule has 5 fully saturated rings. The van der Waals surface area contributed by atoms with Gasteiger partial charge in [-0.3, -0.25) is 44.9 Å². The molecular weight excluding hydrogens is 1740 g/mol. The molecule has 11 N–H and O–H groups in total. The molecule has 0 spiro atoms. The Hall–Kier alpha value is -10.2. The lowest BCUT2D eigenvalue weighted by molar-refractivity contribution is 0.0248. The number of piperidine rings is 5. The number of anilines is 5. The summed E-state index contributed by atoms with van der Waals surface area (Å²) in [5.41, 5.74) is 51.2. The molecule has 10 aromatic rings. The number of nitrogens with zero attached hydrogens (tertiary/aromatic N) is 24. The Morgan fingerprint density at radius 1 is 0.346 bits per heavy atom. The van der Waals surface area contributed by atoms with Crippen molar-refractivity contribution in [1.29, 1.82) is 0 Å². The Kier molecular flexibility index (Phi) is 28.1. The van der Waals surface area contributed by atoms with E-state index < -0.39 is 5.60 Å². The maximum atomic E-state index is 10.3. The van der Waals surface area contributed by atoms with E-state index in [0.717, 1.165) is 306 Å². The SMILES string of the molecule is CCC1(N)CCN(c2cnc3c(n2)CN=C3c2ccnc(C)c2Cl)CC1.Cc1cc(C2=NCc3nc(N4CCC(C)(CN)CC4)cnc32)c(Cl)cn1.Cc1cc(C2=NCc3nc(N4CCC(O)(CN)CC4)cnc32)c(Cl)cn1.Cc1cccc(C2=NCc3nc(N4CCC(C)(CN)CC4)cnc32)c1Cl.Cc1nccc(C2=NCc3nc(N4CCC(C)(CN)CC4)cnc32)c1Cl. The summed E-state index contributed by atoms with van der Waals surface area (Å²) in [6.45, 7) is 32.8. The van der Waals surface area contributed by atoms with E-state index in [1.54, 1.807) is 31.0 Å². The van der Waals surface area contributed by atoms with Gasteiger partial charge in [-0.25, -0.2) is 49.8 Å². The van der Waals surface area contributed by atoms with E-state index in [1.807, 2.05) is 102 Å². The third kappa shape index (κ3) is 20.1. The molecule has 20 rings (SSSR count). The van der Waals surface area contributed by atoms with Gasteiger partial charge in [-0.1, -0.05) is 104 Å². The number of rotatable bonds is 15. The monoisotopic (exact) mass is 1850 g/mol. The number of hydrogen-bond donors (Lipinski definition) is 6. The van der Waals surface area contributed by atoms with Crippen LogP contribution in [0.25, 0.3) is 0 Å². The van der Waals surface area contributed by atoms with E-state index in [2.05, 4.69) is 117 Å². The lowest BCUT2D eigenvalue weighted by Gasteiger charge is -2.39. The highest BCUT2D eigenvalue weighted by Gasteiger charge is 2.38. The molecule has 1 aromatic carbocycles. The second kappa shape index (κ2) is 39.3. The van der Waals surface area contributed by atoms with Gasteiger partial charge in [0.1, 0.15) is 57.6 Å². The van der Waals surface area contributed by atoms with Crippen LogP contribution in [-0.2, 0) is 32.7 Å². The minimum atomic E-state index is -0.757. The normalized spacial score (nSPS) is 18.6. The lowest BCUT2D eigenvalue weighted by Crippen LogP contribution is -2.50. The third-order valence-corrected chi connectivity index (χ3v) is 29.4. The maximum Gasteiger partial charge on any atom is 0.147 e. The molecule has 0 saturated carbocycles. The summed E-state index contributed by atoms with van der Waals surface area (Å²) in [6, 6.07) is 13.6. The highest BCUT2D eigenvalue weighted by molar-refractivity contribution is 6.38. The fraction of sp³-hybridized carbons (Fsp3) is 0.463. The summed E-state index contributed by atoms with van der Waals surface area (Å²) < 4.78 is 0. The molecule has 0 unspecified atom stereocenters. The van der Waals surface area contributed by atoms with Crippen LogP contribution in [0, 0.1) is 50.9 Å². The second-order valence-corrected chi connectivity index (χ2v) is 38.6. The molecule has 10 aliphatic heterocycles. The molecule has 19 heterocycles. The van der Waals surface area contributed by atoms with E-state index in [1.165, 1.54) is 0 Å². The molecule has 0 bridgehead atoms. The van der Waals surface area contributed by atoms with Crippen molar-refractivity contribution in [3.05, 3.63) is 236 Å². The van der Waals surface area contributed by atoms with Gasteiger partial charge in [0.15, 0.2) is 0 Å². The molecule has 0 radical (unpaired) electrons. The molecule has 0 atom stereocenters. The zero-order chi connectivity index (χ0) is 91.6. The lowest BCUT2D eigenvalue weighted by atomic mass is 9.80. The van der Waals surface area contributed by atoms with Crippen LogP contribution in [0.15, 0.2) is 123 Å². The number of aliphatic imine (C=N–C) groups is 5. The first-order chi connectivity index (χ1) is 62.5. The average Bonchev–Trinajstić information content (AvgIpc) is 1.61. The number of halogens is 5. The van der Waals surface area contributed by atoms with Crippen LogP contribution in [0.1, 0.15) is 211 Å². The van der Waals surface area contributed by atoms with Gasteiger partial charge in [0.05, 0.1) is 163 Å². The number of aromatic nitrogens is 14. The molecule has 35 heteroatoms. The van der Waals surface area contributed by atoms with Crippen LogP contribution in [0.2, 0.25) is 25.1 Å². The van der Waals surface area contributed by atoms with E-state index in [9.17, 15) is 5.11 Å². The van der Waals surface area contributed by atoms with Crippen molar-refractivity contribution in [2.75, 3.05) is 116 Å². The molecular formula is C95H114Cl5N29O. The van der Waals surface area contributed by atoms with E-state index in [4.69, 9.17) is 117 Å². The molecule has 680 valence electrons. The van der Waals surface area contributed by atoms with Crippen LogP contribution in [0.5, 0.6) is 0 Å². The number of fused-ring (bicyclic) bond motifs is 5. The van der Waals surface area contributed by atoms with Gasteiger partial charge in [-0.2, -0.15) is 0 Å². The van der Waals surface area contributed by atoms with Crippen LogP contribution < -0.4 is 53.2 Å². The summed E-state index contributed by atoms with van der Waals surface area (Å²) in [5.74, 6) is 4.52. The first-order valence-electron chi connectivity index (χ1n) is 44.8. The van der Waals surface area contributed by atoms with Crippen molar-refractivity contribution in [3.8, 4) is 0 Å². The van der Waals surface area contributed by atoms with Gasteiger partial charge in [-0.15, -0.1) is 0 Å². The summed E-state index contributed by atoms with van der Waals surface area (Å²) in [5, 5.41) is 13.4. The number of nitrogens with two attached hydrogens (primary N) is 5. The van der Waals surface area contributed by atoms with E-state index >= 15 is 0 Å². The average molecular weight is 1860 g/mol. The van der Waals surface area contributed by atoms with Crippen LogP contribution >= 0.6 is 58.0 Å². The van der Waals surface area contributed by atoms with Crippen molar-refractivity contribution in [3.63, 3.8) is 0 Å². The van der Waals surface area contributed by atoms with Crippen LogP contribution in [0.4, 0.5) is 29.1 Å². The standard InChI is InChI=1S/C20H24ClN5.3C19H23ClN6.C18H21ClN6O/c1-13-4-3-5-14(17(13)21)18-19-15(10-23-18)25-16(11-24-19)26-8-6-20(2,12-22)7-9-26;1-12-16(20)13(3-6-22-12)17-18-14(9-23-17)25-15(10-24-18)26-7-4-19(2,11-21)5-8-26;1-12-7-13(14(20)8-22-12)17-18-15(9-23-17)25-16(10-24-18)26-5-3-19(2,11-21)4-6-26;1-3-19(21)5-8-26(9-6-19)15-11-24-18-14(25-15)10-23-17(18)13-4-7-22-12(2)16(13)20;1-11-6-12(13(19)7-21-11)16-17-14(8-22-16)24-15(9-23-17)25-4-2-18(26,10-20)3-5-25/h3-5,11H,6-10,12,22H2,1-2H3;3,6,10H,4-5,7-9,11,21H2,1-2H3;7-8,10H,3-6,9,11,21H2,1-2H3;4,7,11H,3,5-6,8-10,21H2,1-2H3;6-7,9,26H,2-5,8,10,20H2,1H3. The highest BCUT2D eigenvalue weighted by Crippen LogP contribution is 2.40. The van der Waals surface area contributed by atoms with Crippen LogP contribution in [0.3, 0.4) is 0 Å². The third-order valence-electron chi connectivity index (χ3n) is 27.3. The van der Waals surface area contributed by atoms with Crippen molar-refractivity contribution >= 4 is 116 Å². The Labute approximate surface area is 784 Å². The maximum absolute atomic E-state index is 10.3. The van der Waals surface area contributed by atoms with E-state index in [0.29, 0.717) is 85.3 Å². The summed E-state index contributed by atoms with van der Waals surface area (Å²) >= 11 is 32.0. The number of aliphatic hydroxyl groups is 1. The Morgan fingerprint density at radius 3 is 0.923 bits per heavy atom. The first-order valence-corrected chi connectivity index (χ1v) is 46.7. The predicted molar refractivity (Wildman–Crippen MR) is 519 cm³/mol. The molecule has 0 amide bonds. The Bertz CT molecular complexity index is 5320. The van der Waals surface area contributed by atoms with Crippen molar-refractivity contribution < 1.29 is 5.11 Å². The molecule has 9 aromatic heterocycles. The number of hydrogen-bond acceptors (Lipinski definition) is 30. The topological polar surface area (TPSA) is 409 Å². The van der Waals surface area contributed by atoms with Crippen molar-refractivity contribution in [2.45, 2.75) is 177 Å². The Morgan fingerprint density at radius 2 is 0.631 bits per heavy atom. The number of pyridine rings is 4. The largest absolute Gasteiger partial charge is 0.388 e. The number of benzene rings is 1. The van der Waals surface area contributed by atoms with E-state index in [-0.39, 0.29) is 21.8 Å². The minimum absolute atomic E-state index is 0.0348. The summed E-state index contributed by atoms with van der Waals surface area (Å²) in [6.07, 6.45) is 26.7. The second-order valence-electron chi connectivity index (χ2n) is 36.6. The fourth-order valence-corrected chi connectivity index (χ4v) is 18.7. The fourth-order valence-electron chi connectivity index (χ4n) is 17.7. The summed E-state index contributed by atoms with van der Waals surface area (Å²) in [4.78, 5) is 98.8. The van der Waals surface area contributed by atoms with Gasteiger partial charge in [0.2, 0.25) is 0 Å².